The first-order valence-corrected chi connectivity index (χ1v) is 7.27. The summed E-state index contributed by atoms with van der Waals surface area (Å²) >= 11 is 0. The highest BCUT2D eigenvalue weighted by Gasteiger charge is 2.25. The van der Waals surface area contributed by atoms with Crippen LogP contribution in [0, 0.1) is 11.7 Å². The summed E-state index contributed by atoms with van der Waals surface area (Å²) in [5.74, 6) is 0.647. The van der Waals surface area contributed by atoms with E-state index in [9.17, 15) is 4.39 Å². The molecule has 1 aromatic carbocycles. The summed E-state index contributed by atoms with van der Waals surface area (Å²) in [6.07, 6.45) is 4.75. The van der Waals surface area contributed by atoms with Crippen molar-refractivity contribution in [3.05, 3.63) is 29.6 Å². The monoisotopic (exact) mass is 264 g/mol. The lowest BCUT2D eigenvalue weighted by Crippen LogP contribution is -2.36. The van der Waals surface area contributed by atoms with Crippen molar-refractivity contribution in [2.75, 3.05) is 11.9 Å². The Balaban J connectivity index is 2.25. The zero-order chi connectivity index (χ0) is 14.0. The van der Waals surface area contributed by atoms with Crippen LogP contribution in [0.2, 0.25) is 0 Å². The third kappa shape index (κ3) is 3.08. The predicted molar refractivity (Wildman–Crippen MR) is 78.8 cm³/mol. The number of benzene rings is 1. The van der Waals surface area contributed by atoms with Gasteiger partial charge in [0.05, 0.1) is 5.69 Å². The Labute approximate surface area is 115 Å². The molecular formula is C16H25FN2. The molecule has 1 aliphatic carbocycles. The second kappa shape index (κ2) is 5.91. The van der Waals surface area contributed by atoms with Crippen LogP contribution in [-0.4, -0.2) is 13.1 Å². The van der Waals surface area contributed by atoms with E-state index in [4.69, 9.17) is 5.73 Å². The van der Waals surface area contributed by atoms with Gasteiger partial charge in [0.1, 0.15) is 5.82 Å². The molecule has 3 heteroatoms. The molecule has 1 aromatic rings. The maximum Gasteiger partial charge on any atom is 0.146 e. The molecule has 0 saturated heterocycles. The van der Waals surface area contributed by atoms with Crippen LogP contribution in [0.4, 0.5) is 10.1 Å². The lowest BCUT2D eigenvalue weighted by Gasteiger charge is -2.36. The van der Waals surface area contributed by atoms with Crippen molar-refractivity contribution in [2.24, 2.45) is 11.7 Å². The first-order valence-electron chi connectivity index (χ1n) is 7.27. The SMILES string of the molecule is CC1CCC(N(C)c2c(F)cccc2[C@@H](C)N)CC1. The second-order valence-corrected chi connectivity index (χ2v) is 5.99. The number of rotatable bonds is 3. The number of nitrogens with zero attached hydrogens (tertiary/aromatic N) is 1. The Bertz CT molecular complexity index is 423. The third-order valence-corrected chi connectivity index (χ3v) is 4.39. The van der Waals surface area contributed by atoms with Gasteiger partial charge in [-0.05, 0) is 50.2 Å². The molecule has 0 amide bonds. The molecule has 0 heterocycles. The topological polar surface area (TPSA) is 29.3 Å². The smallest absolute Gasteiger partial charge is 0.146 e. The van der Waals surface area contributed by atoms with Gasteiger partial charge in [0, 0.05) is 19.1 Å². The summed E-state index contributed by atoms with van der Waals surface area (Å²) in [5.41, 5.74) is 7.58. The first kappa shape index (κ1) is 14.3. The molecule has 106 valence electrons. The Morgan fingerprint density at radius 1 is 1.26 bits per heavy atom. The van der Waals surface area contributed by atoms with Crippen molar-refractivity contribution in [2.45, 2.75) is 51.6 Å². The van der Waals surface area contributed by atoms with E-state index in [1.54, 1.807) is 6.07 Å². The molecule has 2 rings (SSSR count). The van der Waals surface area contributed by atoms with Gasteiger partial charge in [-0.1, -0.05) is 19.1 Å². The minimum Gasteiger partial charge on any atom is -0.369 e. The predicted octanol–water partition coefficient (Wildman–Crippen LogP) is 3.86. The fourth-order valence-electron chi connectivity index (χ4n) is 3.08. The van der Waals surface area contributed by atoms with Gasteiger partial charge in [0.25, 0.3) is 0 Å². The van der Waals surface area contributed by atoms with Crippen molar-refractivity contribution < 1.29 is 4.39 Å². The van der Waals surface area contributed by atoms with Gasteiger partial charge in [-0.3, -0.25) is 0 Å². The number of para-hydroxylation sites is 1. The van der Waals surface area contributed by atoms with Gasteiger partial charge in [-0.2, -0.15) is 0 Å². The normalized spacial score (nSPS) is 25.1. The van der Waals surface area contributed by atoms with E-state index >= 15 is 0 Å². The van der Waals surface area contributed by atoms with E-state index in [1.165, 1.54) is 18.9 Å². The van der Waals surface area contributed by atoms with Gasteiger partial charge in [0.15, 0.2) is 0 Å². The summed E-state index contributed by atoms with van der Waals surface area (Å²) in [7, 11) is 2.00. The summed E-state index contributed by atoms with van der Waals surface area (Å²) in [5, 5.41) is 0. The average molecular weight is 264 g/mol. The van der Waals surface area contributed by atoms with Crippen molar-refractivity contribution in [1.29, 1.82) is 0 Å². The van der Waals surface area contributed by atoms with Crippen LogP contribution in [0.3, 0.4) is 0 Å². The summed E-state index contributed by atoms with van der Waals surface area (Å²) in [4.78, 5) is 2.11. The van der Waals surface area contributed by atoms with Crippen molar-refractivity contribution in [3.8, 4) is 0 Å². The van der Waals surface area contributed by atoms with Crippen LogP contribution in [0.25, 0.3) is 0 Å². The van der Waals surface area contributed by atoms with Gasteiger partial charge in [-0.15, -0.1) is 0 Å². The minimum atomic E-state index is -0.157. The molecule has 1 aliphatic rings. The Morgan fingerprint density at radius 2 is 1.89 bits per heavy atom. The lowest BCUT2D eigenvalue weighted by molar-refractivity contribution is 0.339. The fourth-order valence-corrected chi connectivity index (χ4v) is 3.08. The number of nitrogens with two attached hydrogens (primary N) is 1. The molecule has 1 saturated carbocycles. The molecule has 0 bridgehead atoms. The van der Waals surface area contributed by atoms with Crippen molar-refractivity contribution in [1.82, 2.24) is 0 Å². The summed E-state index contributed by atoms with van der Waals surface area (Å²) in [6.45, 7) is 4.21. The molecule has 19 heavy (non-hydrogen) atoms. The molecule has 1 fully saturated rings. The van der Waals surface area contributed by atoms with E-state index < -0.39 is 0 Å². The maximum absolute atomic E-state index is 14.2. The van der Waals surface area contributed by atoms with Crippen LogP contribution >= 0.6 is 0 Å². The van der Waals surface area contributed by atoms with Gasteiger partial charge in [-0.25, -0.2) is 4.39 Å². The van der Waals surface area contributed by atoms with E-state index in [0.717, 1.165) is 24.3 Å². The molecule has 0 radical (unpaired) electrons. The number of hydrogen-bond acceptors (Lipinski definition) is 2. The third-order valence-electron chi connectivity index (χ3n) is 4.39. The Kier molecular flexibility index (Phi) is 4.46. The molecular weight excluding hydrogens is 239 g/mol. The standard InChI is InChI=1S/C16H25FN2/c1-11-7-9-13(10-8-11)19(3)16-14(12(2)18)5-4-6-15(16)17/h4-6,11-13H,7-10,18H2,1-3H3/t11?,12-,13?/m1/s1. The van der Waals surface area contributed by atoms with Crippen LogP contribution in [-0.2, 0) is 0 Å². The van der Waals surface area contributed by atoms with E-state index in [-0.39, 0.29) is 11.9 Å². The molecule has 0 spiro atoms. The van der Waals surface area contributed by atoms with Gasteiger partial charge in [0.2, 0.25) is 0 Å². The molecule has 2 N–H and O–H groups in total. The van der Waals surface area contributed by atoms with Crippen LogP contribution in [0.5, 0.6) is 0 Å². The number of hydrogen-bond donors (Lipinski definition) is 1. The zero-order valence-electron chi connectivity index (χ0n) is 12.2. The van der Waals surface area contributed by atoms with Crippen LogP contribution in [0.15, 0.2) is 18.2 Å². The average Bonchev–Trinajstić information content (AvgIpc) is 2.38. The van der Waals surface area contributed by atoms with Crippen molar-refractivity contribution >= 4 is 5.69 Å². The molecule has 0 aromatic heterocycles. The Hall–Kier alpha value is -1.09. The minimum absolute atomic E-state index is 0.143. The quantitative estimate of drug-likeness (QED) is 0.898. The largest absolute Gasteiger partial charge is 0.369 e. The zero-order valence-corrected chi connectivity index (χ0v) is 12.2. The lowest BCUT2D eigenvalue weighted by atomic mass is 9.86. The highest BCUT2D eigenvalue weighted by atomic mass is 19.1. The van der Waals surface area contributed by atoms with E-state index in [0.29, 0.717) is 11.7 Å². The van der Waals surface area contributed by atoms with E-state index in [2.05, 4.69) is 11.8 Å². The van der Waals surface area contributed by atoms with Crippen LogP contribution < -0.4 is 10.6 Å². The highest BCUT2D eigenvalue weighted by molar-refractivity contribution is 5.56. The van der Waals surface area contributed by atoms with E-state index in [1.807, 2.05) is 20.0 Å². The Morgan fingerprint density at radius 3 is 2.47 bits per heavy atom. The maximum atomic E-state index is 14.2. The fraction of sp³-hybridized carbons (Fsp3) is 0.625. The molecule has 0 aliphatic heterocycles. The first-order chi connectivity index (χ1) is 9.00. The van der Waals surface area contributed by atoms with Gasteiger partial charge < -0.3 is 10.6 Å². The highest BCUT2D eigenvalue weighted by Crippen LogP contribution is 2.34. The second-order valence-electron chi connectivity index (χ2n) is 5.99. The van der Waals surface area contributed by atoms with Crippen LogP contribution in [0.1, 0.15) is 51.1 Å². The molecule has 1 atom stereocenters. The number of halogens is 1. The van der Waals surface area contributed by atoms with Crippen molar-refractivity contribution in [3.63, 3.8) is 0 Å². The number of anilines is 1. The molecule has 2 nitrogen and oxygen atoms in total. The molecule has 0 unspecified atom stereocenters. The van der Waals surface area contributed by atoms with Gasteiger partial charge >= 0.3 is 0 Å². The summed E-state index contributed by atoms with van der Waals surface area (Å²) in [6, 6.07) is 5.50. The summed E-state index contributed by atoms with van der Waals surface area (Å²) < 4.78 is 14.2.